The smallest absolute Gasteiger partial charge is 1.00 e. The molecule has 0 saturated carbocycles. The van der Waals surface area contributed by atoms with Crippen molar-refractivity contribution in [1.29, 1.82) is 0 Å². The van der Waals surface area contributed by atoms with Crippen LogP contribution in [0.2, 0.25) is 0 Å². The van der Waals surface area contributed by atoms with Gasteiger partial charge in [-0.25, -0.2) is 0 Å². The molecule has 0 nitrogen and oxygen atoms in total. The van der Waals surface area contributed by atoms with Crippen LogP contribution in [0.5, 0.6) is 0 Å². The summed E-state index contributed by atoms with van der Waals surface area (Å²) in [7, 11) is 0. The van der Waals surface area contributed by atoms with Crippen LogP contribution in [0, 0.1) is 0 Å². The average molecular weight is 156 g/mol. The fourth-order valence-electron chi connectivity index (χ4n) is 0. The van der Waals surface area contributed by atoms with E-state index in [1.807, 2.05) is 0 Å². The van der Waals surface area contributed by atoms with Crippen LogP contribution in [0.4, 0.5) is 0 Å². The third kappa shape index (κ3) is 17.9. The molecule has 0 bridgehead atoms. The van der Waals surface area contributed by atoms with E-state index in [9.17, 15) is 0 Å². The molecule has 0 fully saturated rings. The van der Waals surface area contributed by atoms with E-state index >= 15 is 0 Å². The van der Waals surface area contributed by atoms with E-state index in [0.717, 1.165) is 0 Å². The van der Waals surface area contributed by atoms with Gasteiger partial charge < -0.3 is 24.8 Å². The first-order chi connectivity index (χ1) is 0. The zero-order chi connectivity index (χ0) is 0. The third-order valence-electron chi connectivity index (χ3n) is 0. The summed E-state index contributed by atoms with van der Waals surface area (Å²) in [5, 5.41) is 0. The van der Waals surface area contributed by atoms with E-state index in [0.29, 0.717) is 0 Å². The van der Waals surface area contributed by atoms with E-state index in [1.54, 1.807) is 0 Å². The maximum absolute atomic E-state index is 0. The molecular formula is Cl2KNa2+. The van der Waals surface area contributed by atoms with E-state index in [-0.39, 0.29) is 135 Å². The Hall–Kier alpha value is 4.22. The zero-order valence-corrected chi connectivity index (χ0v) is 12.4. The number of rotatable bonds is 0. The number of halogens is 2. The van der Waals surface area contributed by atoms with Gasteiger partial charge >= 0.3 is 110 Å². The van der Waals surface area contributed by atoms with Gasteiger partial charge in [-0.2, -0.15) is 0 Å². The van der Waals surface area contributed by atoms with Crippen LogP contribution in [-0.4, -0.2) is 0 Å². The van der Waals surface area contributed by atoms with E-state index < -0.39 is 0 Å². The molecule has 0 aliphatic heterocycles. The summed E-state index contributed by atoms with van der Waals surface area (Å²) in [6, 6.07) is 0. The Morgan fingerprint density at radius 1 is 0.600 bits per heavy atom. The van der Waals surface area contributed by atoms with Crippen molar-refractivity contribution in [2.75, 3.05) is 0 Å². The molecule has 0 unspecified atom stereocenters. The summed E-state index contributed by atoms with van der Waals surface area (Å²) < 4.78 is 0. The van der Waals surface area contributed by atoms with Gasteiger partial charge in [0.1, 0.15) is 0 Å². The Labute approximate surface area is 131 Å². The van der Waals surface area contributed by atoms with Crippen LogP contribution in [0.15, 0.2) is 0 Å². The molecule has 0 aliphatic rings. The summed E-state index contributed by atoms with van der Waals surface area (Å²) in [4.78, 5) is 0. The van der Waals surface area contributed by atoms with Crippen molar-refractivity contribution in [2.24, 2.45) is 0 Å². The van der Waals surface area contributed by atoms with Crippen molar-refractivity contribution in [3.8, 4) is 0 Å². The SMILES string of the molecule is [Cl-].[Cl-].[K+].[Na+].[Na+]. The standard InChI is InChI=1S/2ClH.K.2Na/h2*1H;;;/q;;3*+1/p-2. The van der Waals surface area contributed by atoms with Crippen molar-refractivity contribution in [2.45, 2.75) is 0 Å². The Morgan fingerprint density at radius 3 is 0.600 bits per heavy atom. The molecule has 0 aromatic carbocycles. The van der Waals surface area contributed by atoms with Crippen molar-refractivity contribution in [3.05, 3.63) is 0 Å². The molecular weight excluding hydrogens is 156 g/mol. The van der Waals surface area contributed by atoms with Gasteiger partial charge in [0.15, 0.2) is 0 Å². The normalized spacial score (nSPS) is 0. The van der Waals surface area contributed by atoms with Gasteiger partial charge in [-0.15, -0.1) is 0 Å². The third-order valence-corrected chi connectivity index (χ3v) is 0. The topological polar surface area (TPSA) is 0 Å². The minimum atomic E-state index is 0. The molecule has 0 amide bonds. The predicted octanol–water partition coefficient (Wildman–Crippen LogP) is -15.0. The Morgan fingerprint density at radius 2 is 0.600 bits per heavy atom. The summed E-state index contributed by atoms with van der Waals surface area (Å²) in [5.41, 5.74) is 0. The predicted molar refractivity (Wildman–Crippen MR) is 0 cm³/mol. The van der Waals surface area contributed by atoms with Gasteiger partial charge in [0.2, 0.25) is 0 Å². The molecule has 0 heterocycles. The van der Waals surface area contributed by atoms with Crippen molar-refractivity contribution in [3.63, 3.8) is 0 Å². The van der Waals surface area contributed by atoms with Gasteiger partial charge in [0.25, 0.3) is 0 Å². The Bertz CT molecular complexity index is 7.61. The van der Waals surface area contributed by atoms with Crippen LogP contribution in [0.3, 0.4) is 0 Å². The second-order valence-electron chi connectivity index (χ2n) is 0. The maximum atomic E-state index is 0. The van der Waals surface area contributed by atoms with Gasteiger partial charge in [0.05, 0.1) is 0 Å². The number of hydrogen-bond acceptors (Lipinski definition) is 0. The molecule has 0 aliphatic carbocycles. The molecule has 0 spiro atoms. The first kappa shape index (κ1) is 35.0. The second-order valence-corrected chi connectivity index (χ2v) is 0. The summed E-state index contributed by atoms with van der Waals surface area (Å²) in [5.74, 6) is 0. The van der Waals surface area contributed by atoms with Crippen LogP contribution in [-0.2, 0) is 0 Å². The molecule has 0 radical (unpaired) electrons. The van der Waals surface area contributed by atoms with Crippen molar-refractivity contribution >= 4 is 0 Å². The molecule has 5 heteroatoms. The molecule has 0 rings (SSSR count). The van der Waals surface area contributed by atoms with E-state index in [2.05, 4.69) is 0 Å². The zero-order valence-electron chi connectivity index (χ0n) is 3.76. The van der Waals surface area contributed by atoms with Gasteiger partial charge in [-0.3, -0.25) is 0 Å². The van der Waals surface area contributed by atoms with Gasteiger partial charge in [-0.1, -0.05) is 0 Å². The first-order valence-electron chi connectivity index (χ1n) is 0. The molecule has 0 atom stereocenters. The maximum Gasteiger partial charge on any atom is 1.00 e. The van der Waals surface area contributed by atoms with Gasteiger partial charge in [0, 0.05) is 0 Å². The van der Waals surface area contributed by atoms with Crippen LogP contribution in [0.1, 0.15) is 0 Å². The molecule has 5 heavy (non-hydrogen) atoms. The molecule has 16 valence electrons. The van der Waals surface area contributed by atoms with E-state index in [1.165, 1.54) is 0 Å². The Balaban J connectivity index is 0. The quantitative estimate of drug-likeness (QED) is 0.305. The first-order valence-corrected chi connectivity index (χ1v) is 0. The summed E-state index contributed by atoms with van der Waals surface area (Å²) in [6.07, 6.45) is 0. The Kier molecular flexibility index (Phi) is 168. The van der Waals surface area contributed by atoms with E-state index in [4.69, 9.17) is 0 Å². The number of hydrogen-bond donors (Lipinski definition) is 0. The summed E-state index contributed by atoms with van der Waals surface area (Å²) >= 11 is 0. The second kappa shape index (κ2) is 24.1. The van der Waals surface area contributed by atoms with Crippen LogP contribution < -0.4 is 135 Å². The average Bonchev–Trinajstić information content (AvgIpc) is 0. The van der Waals surface area contributed by atoms with Crippen molar-refractivity contribution < 1.29 is 135 Å². The molecule has 0 N–H and O–H groups in total. The van der Waals surface area contributed by atoms with Crippen LogP contribution in [0.25, 0.3) is 0 Å². The monoisotopic (exact) mass is 155 g/mol. The fraction of sp³-hybridized carbons (Fsp3) is 0. The van der Waals surface area contributed by atoms with Crippen molar-refractivity contribution in [1.82, 2.24) is 0 Å². The molecule has 0 saturated heterocycles. The largest absolute Gasteiger partial charge is 1.00 e. The minimum Gasteiger partial charge on any atom is -1.00 e. The van der Waals surface area contributed by atoms with Gasteiger partial charge in [-0.05, 0) is 0 Å². The molecule has 0 aromatic rings. The summed E-state index contributed by atoms with van der Waals surface area (Å²) in [6.45, 7) is 0. The minimum absolute atomic E-state index is 0. The van der Waals surface area contributed by atoms with Crippen LogP contribution >= 0.6 is 0 Å². The molecule has 0 aromatic heterocycles. The fourth-order valence-corrected chi connectivity index (χ4v) is 0.